The lowest BCUT2D eigenvalue weighted by Crippen LogP contribution is -2.52. The van der Waals surface area contributed by atoms with Crippen LogP contribution >= 0.6 is 0 Å². The monoisotopic (exact) mass is 285 g/mol. The summed E-state index contributed by atoms with van der Waals surface area (Å²) in [7, 11) is 0. The molecule has 1 unspecified atom stereocenters. The third kappa shape index (κ3) is 5.36. The SMILES string of the molecule is CCCC(CC(=O)O)NC(=O)N(CC)C1CCNCC1. The van der Waals surface area contributed by atoms with E-state index in [-0.39, 0.29) is 24.5 Å². The highest BCUT2D eigenvalue weighted by Crippen LogP contribution is 2.13. The van der Waals surface area contributed by atoms with E-state index in [4.69, 9.17) is 5.11 Å². The van der Waals surface area contributed by atoms with Crippen LogP contribution in [-0.4, -0.2) is 53.7 Å². The fourth-order valence-electron chi connectivity index (χ4n) is 2.73. The molecule has 1 atom stereocenters. The van der Waals surface area contributed by atoms with Gasteiger partial charge in [-0.1, -0.05) is 13.3 Å². The van der Waals surface area contributed by atoms with Crippen molar-refractivity contribution in [3.8, 4) is 0 Å². The standard InChI is InChI=1S/C14H27N3O3/c1-3-5-11(10-13(18)19)16-14(20)17(4-2)12-6-8-15-9-7-12/h11-12,15H,3-10H2,1-2H3,(H,16,20)(H,18,19). The Labute approximate surface area is 120 Å². The van der Waals surface area contributed by atoms with E-state index in [1.165, 1.54) is 0 Å². The van der Waals surface area contributed by atoms with Crippen molar-refractivity contribution < 1.29 is 14.7 Å². The maximum atomic E-state index is 12.3. The molecule has 20 heavy (non-hydrogen) atoms. The Balaban J connectivity index is 2.56. The number of aliphatic carboxylic acids is 1. The average molecular weight is 285 g/mol. The van der Waals surface area contributed by atoms with E-state index in [0.717, 1.165) is 32.4 Å². The molecule has 1 saturated heterocycles. The van der Waals surface area contributed by atoms with Gasteiger partial charge in [0, 0.05) is 18.6 Å². The van der Waals surface area contributed by atoms with Crippen molar-refractivity contribution in [2.45, 2.75) is 58.0 Å². The Morgan fingerprint density at radius 1 is 1.35 bits per heavy atom. The minimum Gasteiger partial charge on any atom is -0.481 e. The van der Waals surface area contributed by atoms with Crippen molar-refractivity contribution in [1.82, 2.24) is 15.5 Å². The molecule has 1 aliphatic rings. The zero-order valence-electron chi connectivity index (χ0n) is 12.5. The van der Waals surface area contributed by atoms with E-state index in [1.807, 2.05) is 18.7 Å². The number of carboxylic acids is 1. The highest BCUT2D eigenvalue weighted by atomic mass is 16.4. The highest BCUT2D eigenvalue weighted by molar-refractivity contribution is 5.76. The maximum Gasteiger partial charge on any atom is 0.317 e. The number of rotatable bonds is 7. The average Bonchev–Trinajstić information content (AvgIpc) is 2.40. The number of piperidine rings is 1. The van der Waals surface area contributed by atoms with Crippen molar-refractivity contribution in [1.29, 1.82) is 0 Å². The quantitative estimate of drug-likeness (QED) is 0.660. The first-order valence-electron chi connectivity index (χ1n) is 7.58. The van der Waals surface area contributed by atoms with Gasteiger partial charge < -0.3 is 20.6 Å². The highest BCUT2D eigenvalue weighted by Gasteiger charge is 2.25. The van der Waals surface area contributed by atoms with Gasteiger partial charge in [0.2, 0.25) is 0 Å². The molecule has 6 nitrogen and oxygen atoms in total. The van der Waals surface area contributed by atoms with Crippen LogP contribution in [0.1, 0.15) is 46.0 Å². The zero-order valence-corrected chi connectivity index (χ0v) is 12.5. The van der Waals surface area contributed by atoms with Crippen LogP contribution in [0.15, 0.2) is 0 Å². The third-order valence-electron chi connectivity index (χ3n) is 3.74. The molecule has 2 amide bonds. The summed E-state index contributed by atoms with van der Waals surface area (Å²) in [5, 5.41) is 15.1. The van der Waals surface area contributed by atoms with Crippen LogP contribution in [0.4, 0.5) is 4.79 Å². The van der Waals surface area contributed by atoms with E-state index in [0.29, 0.717) is 13.0 Å². The predicted molar refractivity (Wildman–Crippen MR) is 77.8 cm³/mol. The molecule has 6 heteroatoms. The number of carbonyl (C=O) groups is 2. The number of amides is 2. The van der Waals surface area contributed by atoms with Gasteiger partial charge >= 0.3 is 12.0 Å². The Kier molecular flexibility index (Phi) is 7.36. The molecule has 1 fully saturated rings. The lowest BCUT2D eigenvalue weighted by molar-refractivity contribution is -0.137. The van der Waals surface area contributed by atoms with Gasteiger partial charge in [-0.2, -0.15) is 0 Å². The number of carboxylic acid groups (broad SMARTS) is 1. The van der Waals surface area contributed by atoms with E-state index in [9.17, 15) is 9.59 Å². The second kappa shape index (κ2) is 8.79. The summed E-state index contributed by atoms with van der Waals surface area (Å²) < 4.78 is 0. The van der Waals surface area contributed by atoms with Crippen LogP contribution < -0.4 is 10.6 Å². The number of carbonyl (C=O) groups excluding carboxylic acids is 1. The third-order valence-corrected chi connectivity index (χ3v) is 3.74. The van der Waals surface area contributed by atoms with Gasteiger partial charge in [-0.3, -0.25) is 4.79 Å². The lowest BCUT2D eigenvalue weighted by Gasteiger charge is -2.35. The Hall–Kier alpha value is -1.30. The molecule has 0 saturated carbocycles. The second-order valence-corrected chi connectivity index (χ2v) is 5.30. The Bertz CT molecular complexity index is 317. The van der Waals surface area contributed by atoms with E-state index in [1.54, 1.807) is 0 Å². The lowest BCUT2D eigenvalue weighted by atomic mass is 10.0. The predicted octanol–water partition coefficient (Wildman–Crippen LogP) is 1.41. The van der Waals surface area contributed by atoms with Gasteiger partial charge in [0.1, 0.15) is 0 Å². The summed E-state index contributed by atoms with van der Waals surface area (Å²) in [5.41, 5.74) is 0. The van der Waals surface area contributed by atoms with E-state index in [2.05, 4.69) is 10.6 Å². The molecule has 0 aromatic rings. The number of hydrogen-bond donors (Lipinski definition) is 3. The molecular formula is C14H27N3O3. The fraction of sp³-hybridized carbons (Fsp3) is 0.857. The van der Waals surface area contributed by atoms with Crippen molar-refractivity contribution in [3.63, 3.8) is 0 Å². The molecule has 0 spiro atoms. The topological polar surface area (TPSA) is 81.7 Å². The smallest absolute Gasteiger partial charge is 0.317 e. The maximum absolute atomic E-state index is 12.3. The summed E-state index contributed by atoms with van der Waals surface area (Å²) >= 11 is 0. The van der Waals surface area contributed by atoms with Crippen LogP contribution in [0.25, 0.3) is 0 Å². The van der Waals surface area contributed by atoms with Gasteiger partial charge in [-0.15, -0.1) is 0 Å². The molecular weight excluding hydrogens is 258 g/mol. The van der Waals surface area contributed by atoms with Crippen molar-refractivity contribution >= 4 is 12.0 Å². The summed E-state index contributed by atoms with van der Waals surface area (Å²) in [6.45, 7) is 6.48. The van der Waals surface area contributed by atoms with Gasteiger partial charge in [-0.05, 0) is 39.3 Å². The summed E-state index contributed by atoms with van der Waals surface area (Å²) in [6, 6.07) is -0.145. The molecule has 0 aliphatic carbocycles. The fourth-order valence-corrected chi connectivity index (χ4v) is 2.73. The molecule has 0 bridgehead atoms. The first-order chi connectivity index (χ1) is 9.58. The normalized spacial score (nSPS) is 17.5. The minimum atomic E-state index is -0.867. The van der Waals surface area contributed by atoms with Gasteiger partial charge in [0.15, 0.2) is 0 Å². The minimum absolute atomic E-state index is 0.0106. The number of nitrogens with zero attached hydrogens (tertiary/aromatic N) is 1. The van der Waals surface area contributed by atoms with Crippen molar-refractivity contribution in [2.24, 2.45) is 0 Å². The largest absolute Gasteiger partial charge is 0.481 e. The van der Waals surface area contributed by atoms with E-state index >= 15 is 0 Å². The van der Waals surface area contributed by atoms with Gasteiger partial charge in [0.05, 0.1) is 6.42 Å². The van der Waals surface area contributed by atoms with Gasteiger partial charge in [0.25, 0.3) is 0 Å². The molecule has 3 N–H and O–H groups in total. The molecule has 0 aromatic carbocycles. The summed E-state index contributed by atoms with van der Waals surface area (Å²) in [5.74, 6) is -0.867. The van der Waals surface area contributed by atoms with Crippen molar-refractivity contribution in [3.05, 3.63) is 0 Å². The molecule has 1 heterocycles. The molecule has 0 aromatic heterocycles. The first kappa shape index (κ1) is 16.8. The molecule has 1 rings (SSSR count). The van der Waals surface area contributed by atoms with Crippen LogP contribution in [0.5, 0.6) is 0 Å². The zero-order chi connectivity index (χ0) is 15.0. The summed E-state index contributed by atoms with van der Waals surface area (Å²) in [4.78, 5) is 25.0. The van der Waals surface area contributed by atoms with E-state index < -0.39 is 5.97 Å². The second-order valence-electron chi connectivity index (χ2n) is 5.30. The number of urea groups is 1. The Morgan fingerprint density at radius 2 is 2.00 bits per heavy atom. The molecule has 116 valence electrons. The van der Waals surface area contributed by atoms with Crippen LogP contribution in [-0.2, 0) is 4.79 Å². The van der Waals surface area contributed by atoms with Crippen molar-refractivity contribution in [2.75, 3.05) is 19.6 Å². The first-order valence-corrected chi connectivity index (χ1v) is 7.58. The summed E-state index contributed by atoms with van der Waals surface area (Å²) in [6.07, 6.45) is 3.46. The van der Waals surface area contributed by atoms with Crippen LogP contribution in [0, 0.1) is 0 Å². The van der Waals surface area contributed by atoms with Crippen LogP contribution in [0.2, 0.25) is 0 Å². The van der Waals surface area contributed by atoms with Crippen LogP contribution in [0.3, 0.4) is 0 Å². The molecule has 1 aliphatic heterocycles. The molecule has 0 radical (unpaired) electrons. The number of hydrogen-bond acceptors (Lipinski definition) is 3. The Morgan fingerprint density at radius 3 is 2.50 bits per heavy atom. The number of nitrogens with one attached hydrogen (secondary N) is 2. The van der Waals surface area contributed by atoms with Gasteiger partial charge in [-0.25, -0.2) is 4.79 Å².